The molecule has 5 nitrogen and oxygen atoms in total. The van der Waals surface area contributed by atoms with Gasteiger partial charge in [-0.05, 0) is 23.8 Å². The van der Waals surface area contributed by atoms with Gasteiger partial charge in [0.1, 0.15) is 0 Å². The quantitative estimate of drug-likeness (QED) is 0.787. The SMILES string of the molecule is COCC(O)CNC(=O)/C=C/c1ccnc2ccccc12. The molecule has 21 heavy (non-hydrogen) atoms. The van der Waals surface area contributed by atoms with Crippen molar-refractivity contribution in [1.82, 2.24) is 10.3 Å². The lowest BCUT2D eigenvalue weighted by Gasteiger charge is -2.09. The van der Waals surface area contributed by atoms with Crippen LogP contribution in [0, 0.1) is 0 Å². The van der Waals surface area contributed by atoms with E-state index in [0.717, 1.165) is 16.5 Å². The Morgan fingerprint density at radius 1 is 1.43 bits per heavy atom. The topological polar surface area (TPSA) is 71.5 Å². The van der Waals surface area contributed by atoms with E-state index in [2.05, 4.69) is 10.3 Å². The van der Waals surface area contributed by atoms with Gasteiger partial charge in [0, 0.05) is 31.3 Å². The number of hydrogen-bond donors (Lipinski definition) is 2. The molecule has 0 aliphatic heterocycles. The highest BCUT2D eigenvalue weighted by Gasteiger charge is 2.04. The van der Waals surface area contributed by atoms with Crippen LogP contribution in [0.3, 0.4) is 0 Å². The number of hydrogen-bond acceptors (Lipinski definition) is 4. The maximum atomic E-state index is 11.7. The Labute approximate surface area is 123 Å². The van der Waals surface area contributed by atoms with Crippen LogP contribution in [0.1, 0.15) is 5.56 Å². The van der Waals surface area contributed by atoms with Crippen molar-refractivity contribution in [1.29, 1.82) is 0 Å². The number of pyridine rings is 1. The molecule has 0 aliphatic carbocycles. The van der Waals surface area contributed by atoms with E-state index in [4.69, 9.17) is 4.74 Å². The number of aliphatic hydroxyl groups excluding tert-OH is 1. The predicted molar refractivity (Wildman–Crippen MR) is 81.7 cm³/mol. The van der Waals surface area contributed by atoms with Crippen molar-refractivity contribution in [3.8, 4) is 0 Å². The molecule has 0 saturated heterocycles. The Morgan fingerprint density at radius 2 is 2.24 bits per heavy atom. The number of aromatic nitrogens is 1. The molecule has 0 fully saturated rings. The fraction of sp³-hybridized carbons (Fsp3) is 0.250. The van der Waals surface area contributed by atoms with Crippen LogP contribution in [-0.2, 0) is 9.53 Å². The predicted octanol–water partition coefficient (Wildman–Crippen LogP) is 1.37. The van der Waals surface area contributed by atoms with Crippen LogP contribution in [0.5, 0.6) is 0 Å². The molecule has 2 aromatic rings. The molecule has 1 heterocycles. The summed E-state index contributed by atoms with van der Waals surface area (Å²) in [5.41, 5.74) is 1.81. The number of para-hydroxylation sites is 1. The lowest BCUT2D eigenvalue weighted by molar-refractivity contribution is -0.117. The summed E-state index contributed by atoms with van der Waals surface area (Å²) >= 11 is 0. The van der Waals surface area contributed by atoms with Crippen LogP contribution in [0.4, 0.5) is 0 Å². The summed E-state index contributed by atoms with van der Waals surface area (Å²) in [5.74, 6) is -0.258. The van der Waals surface area contributed by atoms with Crippen LogP contribution in [0.25, 0.3) is 17.0 Å². The molecule has 0 bridgehead atoms. The number of carbonyl (C=O) groups is 1. The molecule has 1 atom stereocenters. The monoisotopic (exact) mass is 286 g/mol. The number of benzene rings is 1. The first-order valence-corrected chi connectivity index (χ1v) is 6.67. The number of carbonyl (C=O) groups excluding carboxylic acids is 1. The molecule has 5 heteroatoms. The second-order valence-electron chi connectivity index (χ2n) is 4.60. The number of nitrogens with one attached hydrogen (secondary N) is 1. The van der Waals surface area contributed by atoms with Gasteiger partial charge in [-0.1, -0.05) is 18.2 Å². The molecule has 0 spiro atoms. The summed E-state index contributed by atoms with van der Waals surface area (Å²) in [7, 11) is 1.50. The first-order chi connectivity index (χ1) is 10.2. The first kappa shape index (κ1) is 15.2. The maximum absolute atomic E-state index is 11.7. The minimum atomic E-state index is -0.700. The fourth-order valence-electron chi connectivity index (χ4n) is 1.96. The van der Waals surface area contributed by atoms with Gasteiger partial charge in [-0.25, -0.2) is 0 Å². The highest BCUT2D eigenvalue weighted by Crippen LogP contribution is 2.17. The van der Waals surface area contributed by atoms with Crippen molar-refractivity contribution in [3.63, 3.8) is 0 Å². The van der Waals surface area contributed by atoms with E-state index in [9.17, 15) is 9.90 Å². The molecule has 2 rings (SSSR count). The minimum absolute atomic E-state index is 0.161. The van der Waals surface area contributed by atoms with Gasteiger partial charge in [0.25, 0.3) is 0 Å². The van der Waals surface area contributed by atoms with E-state index >= 15 is 0 Å². The highest BCUT2D eigenvalue weighted by molar-refractivity contribution is 5.95. The number of fused-ring (bicyclic) bond motifs is 1. The third-order valence-corrected chi connectivity index (χ3v) is 2.97. The summed E-state index contributed by atoms with van der Waals surface area (Å²) in [5, 5.41) is 13.1. The number of aliphatic hydroxyl groups is 1. The normalized spacial score (nSPS) is 12.7. The van der Waals surface area contributed by atoms with Gasteiger partial charge >= 0.3 is 0 Å². The molecule has 110 valence electrons. The molecule has 1 unspecified atom stereocenters. The van der Waals surface area contributed by atoms with Crippen molar-refractivity contribution in [2.75, 3.05) is 20.3 Å². The molecular formula is C16H18N2O3. The van der Waals surface area contributed by atoms with Crippen LogP contribution in [0.15, 0.2) is 42.6 Å². The van der Waals surface area contributed by atoms with Crippen molar-refractivity contribution >= 4 is 22.9 Å². The summed E-state index contributed by atoms with van der Waals surface area (Å²) in [6.07, 6.45) is 4.19. The average Bonchev–Trinajstić information content (AvgIpc) is 2.51. The van der Waals surface area contributed by atoms with Gasteiger partial charge in [0.05, 0.1) is 18.2 Å². The summed E-state index contributed by atoms with van der Waals surface area (Å²) in [6, 6.07) is 9.59. The number of rotatable bonds is 6. The van der Waals surface area contributed by atoms with Gasteiger partial charge in [0.2, 0.25) is 5.91 Å². The smallest absolute Gasteiger partial charge is 0.244 e. The van der Waals surface area contributed by atoms with Gasteiger partial charge in [0.15, 0.2) is 0 Å². The minimum Gasteiger partial charge on any atom is -0.389 e. The lowest BCUT2D eigenvalue weighted by Crippen LogP contribution is -2.33. The Kier molecular flexibility index (Phi) is 5.43. The van der Waals surface area contributed by atoms with E-state index in [1.165, 1.54) is 13.2 Å². The zero-order valence-corrected chi connectivity index (χ0v) is 11.8. The van der Waals surface area contributed by atoms with E-state index < -0.39 is 6.10 Å². The fourth-order valence-corrected chi connectivity index (χ4v) is 1.96. The zero-order valence-electron chi connectivity index (χ0n) is 11.8. The van der Waals surface area contributed by atoms with E-state index in [1.54, 1.807) is 12.3 Å². The van der Waals surface area contributed by atoms with Crippen LogP contribution < -0.4 is 5.32 Å². The Morgan fingerprint density at radius 3 is 3.05 bits per heavy atom. The Balaban J connectivity index is 2.01. The molecule has 1 aromatic heterocycles. The number of nitrogens with zero attached hydrogens (tertiary/aromatic N) is 1. The van der Waals surface area contributed by atoms with Crippen LogP contribution in [0.2, 0.25) is 0 Å². The summed E-state index contributed by atoms with van der Waals surface area (Å²) in [6.45, 7) is 0.354. The largest absolute Gasteiger partial charge is 0.389 e. The lowest BCUT2D eigenvalue weighted by atomic mass is 10.1. The van der Waals surface area contributed by atoms with Gasteiger partial charge in [-0.2, -0.15) is 0 Å². The molecule has 1 amide bonds. The second-order valence-corrected chi connectivity index (χ2v) is 4.60. The van der Waals surface area contributed by atoms with Crippen molar-refractivity contribution in [3.05, 3.63) is 48.2 Å². The third-order valence-electron chi connectivity index (χ3n) is 2.97. The van der Waals surface area contributed by atoms with Crippen molar-refractivity contribution in [2.45, 2.75) is 6.10 Å². The molecule has 1 aromatic carbocycles. The molecule has 0 radical (unpaired) electrons. The van der Waals surface area contributed by atoms with Crippen LogP contribution >= 0.6 is 0 Å². The summed E-state index contributed by atoms with van der Waals surface area (Å²) in [4.78, 5) is 16.0. The molecule has 0 aliphatic rings. The molecule has 2 N–H and O–H groups in total. The molecule has 0 saturated carbocycles. The highest BCUT2D eigenvalue weighted by atomic mass is 16.5. The standard InChI is InChI=1S/C16H18N2O3/c1-21-11-13(19)10-18-16(20)7-6-12-8-9-17-15-5-3-2-4-14(12)15/h2-9,13,19H,10-11H2,1H3,(H,18,20)/b7-6+. The number of amides is 1. The zero-order chi connectivity index (χ0) is 15.1. The summed E-state index contributed by atoms with van der Waals surface area (Å²) < 4.78 is 4.79. The van der Waals surface area contributed by atoms with Gasteiger partial charge < -0.3 is 15.2 Å². The Hall–Kier alpha value is -2.24. The van der Waals surface area contributed by atoms with Gasteiger partial charge in [-0.3, -0.25) is 9.78 Å². The first-order valence-electron chi connectivity index (χ1n) is 6.67. The Bertz CT molecular complexity index is 635. The number of ether oxygens (including phenoxy) is 1. The van der Waals surface area contributed by atoms with Crippen molar-refractivity contribution < 1.29 is 14.6 Å². The second kappa shape index (κ2) is 7.52. The van der Waals surface area contributed by atoms with Crippen molar-refractivity contribution in [2.24, 2.45) is 0 Å². The third kappa shape index (κ3) is 4.37. The number of methoxy groups -OCH3 is 1. The maximum Gasteiger partial charge on any atom is 0.244 e. The van der Waals surface area contributed by atoms with E-state index in [1.807, 2.05) is 30.3 Å². The van der Waals surface area contributed by atoms with E-state index in [0.29, 0.717) is 0 Å². The van der Waals surface area contributed by atoms with Crippen LogP contribution in [-0.4, -0.2) is 42.4 Å². The van der Waals surface area contributed by atoms with E-state index in [-0.39, 0.29) is 19.1 Å². The van der Waals surface area contributed by atoms with Gasteiger partial charge in [-0.15, -0.1) is 0 Å². The molecular weight excluding hydrogens is 268 g/mol. The average molecular weight is 286 g/mol.